The van der Waals surface area contributed by atoms with Gasteiger partial charge < -0.3 is 5.73 Å². The van der Waals surface area contributed by atoms with Gasteiger partial charge in [-0.2, -0.15) is 0 Å². The molecule has 1 spiro atoms. The van der Waals surface area contributed by atoms with Gasteiger partial charge in [0.15, 0.2) is 0 Å². The molecule has 1 aliphatic carbocycles. The van der Waals surface area contributed by atoms with Crippen LogP contribution in [0.1, 0.15) is 51.9 Å². The Kier molecular flexibility index (Phi) is 3.68. The molecule has 2 aliphatic rings. The minimum atomic E-state index is 0.712. The van der Waals surface area contributed by atoms with Crippen molar-refractivity contribution in [3.8, 4) is 0 Å². The van der Waals surface area contributed by atoms with Gasteiger partial charge in [0, 0.05) is 19.1 Å². The molecule has 1 unspecified atom stereocenters. The molecule has 0 aromatic rings. The lowest BCUT2D eigenvalue weighted by atomic mass is 9.73. The summed E-state index contributed by atoms with van der Waals surface area (Å²) in [5.74, 6) is 0. The predicted molar refractivity (Wildman–Crippen MR) is 64.8 cm³/mol. The van der Waals surface area contributed by atoms with E-state index < -0.39 is 0 Å². The van der Waals surface area contributed by atoms with Crippen molar-refractivity contribution in [2.24, 2.45) is 11.1 Å². The Labute approximate surface area is 94.2 Å². The number of nitrogens with zero attached hydrogens (tertiary/aromatic N) is 1. The molecule has 0 radical (unpaired) electrons. The van der Waals surface area contributed by atoms with Crippen LogP contribution in [0.5, 0.6) is 0 Å². The average molecular weight is 210 g/mol. The number of hydrogen-bond acceptors (Lipinski definition) is 2. The maximum Gasteiger partial charge on any atom is 0.00794 e. The number of rotatable bonds is 3. The second-order valence-corrected chi connectivity index (χ2v) is 5.75. The van der Waals surface area contributed by atoms with E-state index in [-0.39, 0.29) is 0 Å². The van der Waals surface area contributed by atoms with Gasteiger partial charge in [0.25, 0.3) is 0 Å². The molecular weight excluding hydrogens is 184 g/mol. The first-order valence-electron chi connectivity index (χ1n) is 6.70. The van der Waals surface area contributed by atoms with Crippen LogP contribution in [0.3, 0.4) is 0 Å². The molecule has 2 heteroatoms. The Bertz CT molecular complexity index is 187. The van der Waals surface area contributed by atoms with E-state index in [1.807, 2.05) is 0 Å². The molecule has 2 nitrogen and oxygen atoms in total. The third kappa shape index (κ3) is 2.54. The molecular formula is C13H26N2. The Morgan fingerprint density at radius 2 is 1.73 bits per heavy atom. The molecule has 0 aromatic carbocycles. The van der Waals surface area contributed by atoms with E-state index >= 15 is 0 Å². The molecule has 88 valence electrons. The summed E-state index contributed by atoms with van der Waals surface area (Å²) in [7, 11) is 0. The van der Waals surface area contributed by atoms with Crippen molar-refractivity contribution in [2.75, 3.05) is 19.6 Å². The zero-order valence-corrected chi connectivity index (χ0v) is 10.2. The first kappa shape index (κ1) is 11.4. The summed E-state index contributed by atoms with van der Waals surface area (Å²) in [5, 5.41) is 0. The molecule has 1 saturated heterocycles. The largest absolute Gasteiger partial charge is 0.330 e. The van der Waals surface area contributed by atoms with Crippen molar-refractivity contribution < 1.29 is 0 Å². The van der Waals surface area contributed by atoms with Gasteiger partial charge in [-0.15, -0.1) is 0 Å². The first-order valence-corrected chi connectivity index (χ1v) is 6.70. The molecule has 2 rings (SSSR count). The molecule has 1 aliphatic heterocycles. The number of nitrogens with two attached hydrogens (primary N) is 1. The van der Waals surface area contributed by atoms with Crippen LogP contribution in [-0.4, -0.2) is 30.6 Å². The third-order valence-electron chi connectivity index (χ3n) is 4.45. The summed E-state index contributed by atoms with van der Waals surface area (Å²) >= 11 is 0. The van der Waals surface area contributed by atoms with Crippen molar-refractivity contribution in [1.82, 2.24) is 4.90 Å². The lowest BCUT2D eigenvalue weighted by Gasteiger charge is -2.53. The fourth-order valence-electron chi connectivity index (χ4n) is 3.35. The van der Waals surface area contributed by atoms with E-state index in [0.29, 0.717) is 6.04 Å². The zero-order chi connectivity index (χ0) is 10.7. The van der Waals surface area contributed by atoms with Crippen LogP contribution in [0, 0.1) is 5.41 Å². The summed E-state index contributed by atoms with van der Waals surface area (Å²) in [6.07, 6.45) is 10.0. The molecule has 0 aromatic heterocycles. The van der Waals surface area contributed by atoms with E-state index in [4.69, 9.17) is 5.73 Å². The molecule has 1 heterocycles. The summed E-state index contributed by atoms with van der Waals surface area (Å²) in [5.41, 5.74) is 6.34. The minimum absolute atomic E-state index is 0.712. The van der Waals surface area contributed by atoms with Gasteiger partial charge in [-0.1, -0.05) is 25.7 Å². The van der Waals surface area contributed by atoms with Crippen LogP contribution in [0.2, 0.25) is 0 Å². The first-order chi connectivity index (χ1) is 7.26. The highest BCUT2D eigenvalue weighted by atomic mass is 15.2. The average Bonchev–Trinajstić information content (AvgIpc) is 2.40. The maximum atomic E-state index is 5.61. The Morgan fingerprint density at radius 3 is 2.27 bits per heavy atom. The predicted octanol–water partition coefficient (Wildman–Crippen LogP) is 2.38. The second kappa shape index (κ2) is 4.84. The van der Waals surface area contributed by atoms with E-state index in [2.05, 4.69) is 11.8 Å². The molecule has 2 fully saturated rings. The van der Waals surface area contributed by atoms with E-state index in [9.17, 15) is 0 Å². The molecule has 0 amide bonds. The van der Waals surface area contributed by atoms with E-state index in [0.717, 1.165) is 18.4 Å². The number of likely N-dealkylation sites (tertiary alicyclic amines) is 1. The smallest absolute Gasteiger partial charge is 0.00794 e. The summed E-state index contributed by atoms with van der Waals surface area (Å²) in [6, 6.07) is 0.712. The highest BCUT2D eigenvalue weighted by Gasteiger charge is 2.43. The Hall–Kier alpha value is -0.0800. The van der Waals surface area contributed by atoms with E-state index in [1.165, 1.54) is 51.6 Å². The van der Waals surface area contributed by atoms with Gasteiger partial charge >= 0.3 is 0 Å². The number of hydrogen-bond donors (Lipinski definition) is 1. The van der Waals surface area contributed by atoms with Crippen LogP contribution in [0.4, 0.5) is 0 Å². The highest BCUT2D eigenvalue weighted by Crippen LogP contribution is 2.43. The highest BCUT2D eigenvalue weighted by molar-refractivity contribution is 4.97. The van der Waals surface area contributed by atoms with Crippen LogP contribution >= 0.6 is 0 Å². The topological polar surface area (TPSA) is 29.3 Å². The minimum Gasteiger partial charge on any atom is -0.330 e. The van der Waals surface area contributed by atoms with Gasteiger partial charge in [0.1, 0.15) is 0 Å². The van der Waals surface area contributed by atoms with Crippen LogP contribution in [-0.2, 0) is 0 Å². The monoisotopic (exact) mass is 210 g/mol. The zero-order valence-electron chi connectivity index (χ0n) is 10.2. The molecule has 1 atom stereocenters. The summed E-state index contributed by atoms with van der Waals surface area (Å²) in [6.45, 7) is 5.88. The van der Waals surface area contributed by atoms with Gasteiger partial charge in [-0.25, -0.2) is 0 Å². The van der Waals surface area contributed by atoms with Crippen molar-refractivity contribution in [3.05, 3.63) is 0 Å². The van der Waals surface area contributed by atoms with E-state index in [1.54, 1.807) is 0 Å². The third-order valence-corrected chi connectivity index (χ3v) is 4.45. The normalized spacial score (nSPS) is 28.4. The Morgan fingerprint density at radius 1 is 1.13 bits per heavy atom. The van der Waals surface area contributed by atoms with Gasteiger partial charge in [0.2, 0.25) is 0 Å². The van der Waals surface area contributed by atoms with Crippen LogP contribution in [0.15, 0.2) is 0 Å². The van der Waals surface area contributed by atoms with Crippen molar-refractivity contribution in [3.63, 3.8) is 0 Å². The second-order valence-electron chi connectivity index (χ2n) is 5.75. The summed E-state index contributed by atoms with van der Waals surface area (Å²) in [4.78, 5) is 2.64. The SMILES string of the molecule is CC(CCN)N1CC2(CCCCCC2)C1. The van der Waals surface area contributed by atoms with Gasteiger partial charge in [0.05, 0.1) is 0 Å². The quantitative estimate of drug-likeness (QED) is 0.775. The van der Waals surface area contributed by atoms with Crippen LogP contribution in [0.25, 0.3) is 0 Å². The lowest BCUT2D eigenvalue weighted by molar-refractivity contribution is -0.0383. The van der Waals surface area contributed by atoms with Gasteiger partial charge in [-0.3, -0.25) is 4.90 Å². The lowest BCUT2D eigenvalue weighted by Crippen LogP contribution is -2.59. The van der Waals surface area contributed by atoms with Crippen molar-refractivity contribution >= 4 is 0 Å². The molecule has 2 N–H and O–H groups in total. The fourth-order valence-corrected chi connectivity index (χ4v) is 3.35. The molecule has 15 heavy (non-hydrogen) atoms. The molecule has 0 bridgehead atoms. The van der Waals surface area contributed by atoms with Crippen molar-refractivity contribution in [2.45, 2.75) is 57.9 Å². The standard InChI is InChI=1S/C13H26N2/c1-12(6-9-14)15-10-13(11-15)7-4-2-3-5-8-13/h12H,2-11,14H2,1H3. The van der Waals surface area contributed by atoms with Gasteiger partial charge in [-0.05, 0) is 38.1 Å². The van der Waals surface area contributed by atoms with Crippen LogP contribution < -0.4 is 5.73 Å². The Balaban J connectivity index is 1.79. The van der Waals surface area contributed by atoms with Crippen molar-refractivity contribution in [1.29, 1.82) is 0 Å². The summed E-state index contributed by atoms with van der Waals surface area (Å²) < 4.78 is 0. The fraction of sp³-hybridized carbons (Fsp3) is 1.00. The maximum absolute atomic E-state index is 5.61. The molecule has 1 saturated carbocycles.